The number of hydrogen-bond donors (Lipinski definition) is 1. The Labute approximate surface area is 157 Å². The van der Waals surface area contributed by atoms with Gasteiger partial charge in [0.15, 0.2) is 0 Å². The van der Waals surface area contributed by atoms with E-state index in [2.05, 4.69) is 19.2 Å². The molecule has 0 aliphatic carbocycles. The number of halogens is 3. The van der Waals surface area contributed by atoms with Crippen LogP contribution in [0.1, 0.15) is 44.6 Å². The van der Waals surface area contributed by atoms with Crippen molar-refractivity contribution in [3.05, 3.63) is 29.8 Å². The predicted octanol–water partition coefficient (Wildman–Crippen LogP) is 4.22. The minimum atomic E-state index is -4.33. The Morgan fingerprint density at radius 1 is 1.04 bits per heavy atom. The molecule has 2 rings (SSSR count). The molecule has 1 aliphatic heterocycles. The van der Waals surface area contributed by atoms with E-state index in [4.69, 9.17) is 0 Å². The minimum Gasteiger partial charge on any atom is -0.341 e. The number of nitrogens with zero attached hydrogens (tertiary/aromatic N) is 2. The van der Waals surface area contributed by atoms with E-state index in [0.29, 0.717) is 37.7 Å². The van der Waals surface area contributed by atoms with E-state index < -0.39 is 24.9 Å². The SMILES string of the molecule is CC(C)c1ccc(NC(=O)N2CCCN(C(=O)CCC(F)(F)F)CC2)cc1. The van der Waals surface area contributed by atoms with Gasteiger partial charge in [0.25, 0.3) is 0 Å². The molecule has 1 heterocycles. The lowest BCUT2D eigenvalue weighted by Crippen LogP contribution is -2.39. The second-order valence-corrected chi connectivity index (χ2v) is 7.04. The fraction of sp³-hybridized carbons (Fsp3) is 0.579. The topological polar surface area (TPSA) is 52.7 Å². The molecule has 0 unspecified atom stereocenters. The number of urea groups is 1. The quantitative estimate of drug-likeness (QED) is 0.844. The molecule has 0 atom stereocenters. The normalized spacial score (nSPS) is 15.6. The molecular formula is C19H26F3N3O2. The van der Waals surface area contributed by atoms with Crippen molar-refractivity contribution in [3.8, 4) is 0 Å². The number of rotatable bonds is 4. The Hall–Kier alpha value is -2.25. The summed E-state index contributed by atoms with van der Waals surface area (Å²) in [6.45, 7) is 5.55. The van der Waals surface area contributed by atoms with Crippen molar-refractivity contribution in [1.82, 2.24) is 9.80 Å². The van der Waals surface area contributed by atoms with Crippen LogP contribution < -0.4 is 5.32 Å². The van der Waals surface area contributed by atoms with Gasteiger partial charge in [-0.05, 0) is 30.0 Å². The third kappa shape index (κ3) is 6.77. The molecule has 0 spiro atoms. The molecular weight excluding hydrogens is 359 g/mol. The van der Waals surface area contributed by atoms with Crippen molar-refractivity contribution < 1.29 is 22.8 Å². The Morgan fingerprint density at radius 3 is 2.22 bits per heavy atom. The molecule has 1 fully saturated rings. The van der Waals surface area contributed by atoms with Gasteiger partial charge in [0.1, 0.15) is 0 Å². The van der Waals surface area contributed by atoms with Crippen LogP contribution in [0.15, 0.2) is 24.3 Å². The van der Waals surface area contributed by atoms with Crippen molar-refractivity contribution >= 4 is 17.6 Å². The fourth-order valence-electron chi connectivity index (χ4n) is 2.93. The molecule has 0 aromatic heterocycles. The van der Waals surface area contributed by atoms with E-state index in [0.717, 1.165) is 0 Å². The van der Waals surface area contributed by atoms with Gasteiger partial charge in [-0.15, -0.1) is 0 Å². The molecule has 1 aliphatic rings. The van der Waals surface area contributed by atoms with Crippen molar-refractivity contribution in [1.29, 1.82) is 0 Å². The van der Waals surface area contributed by atoms with Gasteiger partial charge >= 0.3 is 12.2 Å². The molecule has 1 N–H and O–H groups in total. The highest BCUT2D eigenvalue weighted by Crippen LogP contribution is 2.22. The zero-order chi connectivity index (χ0) is 20.0. The first-order chi connectivity index (χ1) is 12.7. The van der Waals surface area contributed by atoms with Crippen LogP contribution in [0, 0.1) is 0 Å². The van der Waals surface area contributed by atoms with Crippen molar-refractivity contribution in [2.75, 3.05) is 31.5 Å². The standard InChI is InChI=1S/C19H26F3N3O2/c1-14(2)15-4-6-16(7-5-15)23-18(27)25-11-3-10-24(12-13-25)17(26)8-9-19(20,21)22/h4-7,14H,3,8-13H2,1-2H3,(H,23,27). The second kappa shape index (κ2) is 9.10. The van der Waals surface area contributed by atoms with Crippen LogP contribution in [0.25, 0.3) is 0 Å². The zero-order valence-corrected chi connectivity index (χ0v) is 15.7. The van der Waals surface area contributed by atoms with Crippen LogP contribution in [0.4, 0.5) is 23.7 Å². The molecule has 0 radical (unpaired) electrons. The maximum absolute atomic E-state index is 12.4. The summed E-state index contributed by atoms with van der Waals surface area (Å²) in [5.74, 6) is -0.111. The van der Waals surface area contributed by atoms with E-state index in [1.165, 1.54) is 10.5 Å². The highest BCUT2D eigenvalue weighted by Gasteiger charge is 2.30. The molecule has 0 saturated carbocycles. The van der Waals surface area contributed by atoms with Gasteiger partial charge < -0.3 is 15.1 Å². The lowest BCUT2D eigenvalue weighted by Gasteiger charge is -2.23. The van der Waals surface area contributed by atoms with E-state index in [9.17, 15) is 22.8 Å². The summed E-state index contributed by atoms with van der Waals surface area (Å²) in [5, 5.41) is 2.83. The first-order valence-electron chi connectivity index (χ1n) is 9.16. The smallest absolute Gasteiger partial charge is 0.341 e. The highest BCUT2D eigenvalue weighted by atomic mass is 19.4. The van der Waals surface area contributed by atoms with Gasteiger partial charge in [-0.2, -0.15) is 13.2 Å². The maximum atomic E-state index is 12.4. The molecule has 1 aromatic carbocycles. The van der Waals surface area contributed by atoms with Gasteiger partial charge in [0.2, 0.25) is 5.91 Å². The van der Waals surface area contributed by atoms with Gasteiger partial charge in [-0.3, -0.25) is 4.79 Å². The molecule has 1 saturated heterocycles. The fourth-order valence-corrected chi connectivity index (χ4v) is 2.93. The number of carbonyl (C=O) groups is 2. The van der Waals surface area contributed by atoms with Crippen LogP contribution in [0.5, 0.6) is 0 Å². The van der Waals surface area contributed by atoms with Crippen LogP contribution in [0.2, 0.25) is 0 Å². The van der Waals surface area contributed by atoms with Crippen LogP contribution >= 0.6 is 0 Å². The lowest BCUT2D eigenvalue weighted by atomic mass is 10.0. The summed E-state index contributed by atoms with van der Waals surface area (Å²) >= 11 is 0. The zero-order valence-electron chi connectivity index (χ0n) is 15.7. The van der Waals surface area contributed by atoms with Crippen LogP contribution in [0.3, 0.4) is 0 Å². The summed E-state index contributed by atoms with van der Waals surface area (Å²) in [7, 11) is 0. The number of alkyl halides is 3. The molecule has 27 heavy (non-hydrogen) atoms. The third-order valence-electron chi connectivity index (χ3n) is 4.59. The molecule has 1 aromatic rings. The number of nitrogens with one attached hydrogen (secondary N) is 1. The second-order valence-electron chi connectivity index (χ2n) is 7.04. The summed E-state index contributed by atoms with van der Waals surface area (Å²) in [6, 6.07) is 7.35. The van der Waals surface area contributed by atoms with Crippen molar-refractivity contribution in [3.63, 3.8) is 0 Å². The monoisotopic (exact) mass is 385 g/mol. The van der Waals surface area contributed by atoms with E-state index in [-0.39, 0.29) is 12.6 Å². The molecule has 0 bridgehead atoms. The average Bonchev–Trinajstić information content (AvgIpc) is 2.85. The Kier molecular flexibility index (Phi) is 7.10. The van der Waals surface area contributed by atoms with E-state index >= 15 is 0 Å². The molecule has 8 heteroatoms. The molecule has 5 nitrogen and oxygen atoms in total. The van der Waals surface area contributed by atoms with Crippen LogP contribution in [-0.4, -0.2) is 54.1 Å². The van der Waals surface area contributed by atoms with Crippen molar-refractivity contribution in [2.45, 2.75) is 45.2 Å². The number of hydrogen-bond acceptors (Lipinski definition) is 2. The van der Waals surface area contributed by atoms with E-state index in [1.54, 1.807) is 4.90 Å². The Balaban J connectivity index is 1.85. The maximum Gasteiger partial charge on any atom is 0.389 e. The van der Waals surface area contributed by atoms with Gasteiger partial charge in [0.05, 0.1) is 6.42 Å². The number of benzene rings is 1. The predicted molar refractivity (Wildman–Crippen MR) is 97.6 cm³/mol. The van der Waals surface area contributed by atoms with Gasteiger partial charge in [0, 0.05) is 38.3 Å². The summed E-state index contributed by atoms with van der Waals surface area (Å²) in [4.78, 5) is 27.4. The Morgan fingerprint density at radius 2 is 1.63 bits per heavy atom. The molecule has 150 valence electrons. The summed E-state index contributed by atoms with van der Waals surface area (Å²) in [5.41, 5.74) is 1.86. The number of anilines is 1. The largest absolute Gasteiger partial charge is 0.389 e. The molecule has 3 amide bonds. The van der Waals surface area contributed by atoms with Crippen LogP contribution in [-0.2, 0) is 4.79 Å². The third-order valence-corrected chi connectivity index (χ3v) is 4.59. The van der Waals surface area contributed by atoms with E-state index in [1.807, 2.05) is 24.3 Å². The number of carbonyl (C=O) groups excluding carboxylic acids is 2. The summed E-state index contributed by atoms with van der Waals surface area (Å²) < 4.78 is 36.8. The van der Waals surface area contributed by atoms with Gasteiger partial charge in [-0.1, -0.05) is 26.0 Å². The Bertz CT molecular complexity index is 645. The average molecular weight is 385 g/mol. The minimum absolute atomic E-state index is 0.246. The lowest BCUT2D eigenvalue weighted by molar-refractivity contribution is -0.149. The summed E-state index contributed by atoms with van der Waals surface area (Å²) in [6.07, 6.45) is -5.45. The first-order valence-corrected chi connectivity index (χ1v) is 9.16. The van der Waals surface area contributed by atoms with Crippen molar-refractivity contribution in [2.24, 2.45) is 0 Å². The first kappa shape index (κ1) is 21.1. The van der Waals surface area contributed by atoms with Gasteiger partial charge in [-0.25, -0.2) is 4.79 Å². The highest BCUT2D eigenvalue weighted by molar-refractivity contribution is 5.89. The number of amides is 3.